The van der Waals surface area contributed by atoms with Crippen LogP contribution < -0.4 is 20.1 Å². The molecule has 1 spiro atoms. The lowest BCUT2D eigenvalue weighted by Gasteiger charge is -2.35. The van der Waals surface area contributed by atoms with Gasteiger partial charge in [0.25, 0.3) is 0 Å². The summed E-state index contributed by atoms with van der Waals surface area (Å²) >= 11 is 7.00. The molecule has 3 N–H and O–H groups in total. The molecule has 2 aliphatic carbocycles. The minimum atomic E-state index is -0.952. The van der Waals surface area contributed by atoms with E-state index < -0.39 is 29.4 Å². The van der Waals surface area contributed by atoms with Crippen molar-refractivity contribution < 1.29 is 22.6 Å². The number of aromatic amines is 1. The van der Waals surface area contributed by atoms with Crippen molar-refractivity contribution in [1.82, 2.24) is 35.0 Å². The van der Waals surface area contributed by atoms with Gasteiger partial charge in [0.1, 0.15) is 53.4 Å². The van der Waals surface area contributed by atoms with Crippen molar-refractivity contribution in [2.45, 2.75) is 82.1 Å². The number of benzene rings is 1. The lowest BCUT2D eigenvalue weighted by molar-refractivity contribution is 0.107. The van der Waals surface area contributed by atoms with E-state index in [0.717, 1.165) is 50.4 Å². The Morgan fingerprint density at radius 2 is 2.00 bits per heavy atom. The van der Waals surface area contributed by atoms with Crippen LogP contribution in [0.2, 0.25) is 5.02 Å². The number of ether oxygens (including phenoxy) is 2. The van der Waals surface area contributed by atoms with Gasteiger partial charge in [-0.3, -0.25) is 10.00 Å². The van der Waals surface area contributed by atoms with Crippen LogP contribution in [0.1, 0.15) is 75.5 Å². The first-order valence-corrected chi connectivity index (χ1v) is 18.3. The molecule has 11 nitrogen and oxygen atoms in total. The van der Waals surface area contributed by atoms with Crippen LogP contribution in [0.4, 0.5) is 24.8 Å². The normalized spacial score (nSPS) is 26.5. The number of nitrogens with zero attached hydrogens (tertiary/aromatic N) is 7. The van der Waals surface area contributed by atoms with Crippen LogP contribution in [-0.4, -0.2) is 79.1 Å². The van der Waals surface area contributed by atoms with Crippen LogP contribution in [0, 0.1) is 17.0 Å². The van der Waals surface area contributed by atoms with Gasteiger partial charge < -0.3 is 20.1 Å². The number of aromatic nitrogens is 6. The molecule has 15 heteroatoms. The Morgan fingerprint density at radius 3 is 2.81 bits per heavy atom. The number of nitrogen functional groups attached to an aromatic ring is 1. The zero-order valence-electron chi connectivity index (χ0n) is 28.7. The molecule has 3 aliphatic heterocycles. The van der Waals surface area contributed by atoms with Crippen molar-refractivity contribution in [2.24, 2.45) is 5.41 Å². The van der Waals surface area contributed by atoms with E-state index in [9.17, 15) is 8.78 Å². The van der Waals surface area contributed by atoms with E-state index in [4.69, 9.17) is 41.8 Å². The molecule has 52 heavy (non-hydrogen) atoms. The Hall–Kier alpha value is -4.43. The molecule has 0 radical (unpaired) electrons. The second-order valence-corrected chi connectivity index (χ2v) is 15.9. The summed E-state index contributed by atoms with van der Waals surface area (Å²) in [6.45, 7) is 5.21. The summed E-state index contributed by atoms with van der Waals surface area (Å²) in [6, 6.07) is 2.16. The van der Waals surface area contributed by atoms with Crippen LogP contribution in [0.15, 0.2) is 24.5 Å². The molecule has 3 unspecified atom stereocenters. The van der Waals surface area contributed by atoms with E-state index in [-0.39, 0.29) is 64.9 Å². The molecule has 7 heterocycles. The Kier molecular flexibility index (Phi) is 7.00. The van der Waals surface area contributed by atoms with Gasteiger partial charge in [0.05, 0.1) is 35.5 Å². The standard InChI is InChI=1S/C37H37ClF3N9O2/c1-17-15-51-34-28-31(29(41)30(45-34)26-22-13-44-48-25(22)9-24(38)27(26)23-11-36(23)5-6-36)46-35(52-16-37-4-3-7-49(37)14-20(40)10-37)47-33(28)50(17)18(2)21-8-19(39)12-43-32(21)42/h8-9,12-13,17-18,20,23H,3-7,10-11,14-16H2,1-2H3,(H2,42,43)(H,44,48)/t17-,18?,20?,23?,37-/m0/s1. The molecule has 0 bridgehead atoms. The van der Waals surface area contributed by atoms with Crippen LogP contribution in [-0.2, 0) is 0 Å². The minimum absolute atomic E-state index is 0.0493. The number of fused-ring (bicyclic) bond motifs is 2. The summed E-state index contributed by atoms with van der Waals surface area (Å²) in [4.78, 5) is 22.6. The van der Waals surface area contributed by atoms with E-state index in [1.54, 1.807) is 6.20 Å². The second-order valence-electron chi connectivity index (χ2n) is 15.5. The molecule has 2 saturated carbocycles. The summed E-state index contributed by atoms with van der Waals surface area (Å²) in [5.74, 6) is -0.459. The molecule has 5 atom stereocenters. The minimum Gasteiger partial charge on any atom is -0.475 e. The van der Waals surface area contributed by atoms with E-state index in [2.05, 4.69) is 20.1 Å². The van der Waals surface area contributed by atoms with Crippen molar-refractivity contribution >= 4 is 45.0 Å². The van der Waals surface area contributed by atoms with Crippen LogP contribution in [0.25, 0.3) is 33.1 Å². The summed E-state index contributed by atoms with van der Waals surface area (Å²) in [5.41, 5.74) is 8.50. The maximum Gasteiger partial charge on any atom is 0.319 e. The van der Waals surface area contributed by atoms with E-state index in [1.807, 2.05) is 24.8 Å². The molecule has 5 aliphatic rings. The largest absolute Gasteiger partial charge is 0.475 e. The highest BCUT2D eigenvalue weighted by Gasteiger charge is 2.64. The molecule has 2 saturated heterocycles. The van der Waals surface area contributed by atoms with Gasteiger partial charge in [0.2, 0.25) is 5.88 Å². The fourth-order valence-corrected chi connectivity index (χ4v) is 9.75. The highest BCUT2D eigenvalue weighted by molar-refractivity contribution is 6.33. The fraction of sp³-hybridized carbons (Fsp3) is 0.486. The van der Waals surface area contributed by atoms with Gasteiger partial charge in [-0.25, -0.2) is 23.1 Å². The third kappa shape index (κ3) is 4.78. The molecular weight excluding hydrogens is 695 g/mol. The van der Waals surface area contributed by atoms with Crippen molar-refractivity contribution in [1.29, 1.82) is 0 Å². The van der Waals surface area contributed by atoms with Crippen molar-refractivity contribution in [3.8, 4) is 23.1 Å². The van der Waals surface area contributed by atoms with E-state index in [1.165, 1.54) is 6.07 Å². The second kappa shape index (κ2) is 11.3. The first-order valence-electron chi connectivity index (χ1n) is 18.0. The number of hydrogen-bond donors (Lipinski definition) is 2. The highest BCUT2D eigenvalue weighted by Crippen LogP contribution is 2.76. The number of alkyl halides is 1. The Bertz CT molecular complexity index is 2300. The maximum absolute atomic E-state index is 17.6. The Morgan fingerprint density at radius 1 is 1.15 bits per heavy atom. The Balaban J connectivity index is 1.18. The van der Waals surface area contributed by atoms with Crippen LogP contribution in [0.5, 0.6) is 11.9 Å². The van der Waals surface area contributed by atoms with Crippen molar-refractivity contribution in [3.63, 3.8) is 0 Å². The number of anilines is 2. The fourth-order valence-electron chi connectivity index (χ4n) is 9.42. The molecule has 4 aromatic heterocycles. The number of H-pyrrole nitrogens is 1. The smallest absolute Gasteiger partial charge is 0.319 e. The summed E-state index contributed by atoms with van der Waals surface area (Å²) in [7, 11) is 0. The molecule has 270 valence electrons. The highest BCUT2D eigenvalue weighted by atomic mass is 35.5. The predicted octanol–water partition coefficient (Wildman–Crippen LogP) is 7.05. The third-order valence-corrected chi connectivity index (χ3v) is 12.6. The molecule has 4 fully saturated rings. The zero-order valence-corrected chi connectivity index (χ0v) is 29.5. The van der Waals surface area contributed by atoms with Gasteiger partial charge in [-0.15, -0.1) is 0 Å². The van der Waals surface area contributed by atoms with Crippen molar-refractivity contribution in [3.05, 3.63) is 52.3 Å². The molecule has 1 aromatic carbocycles. The van der Waals surface area contributed by atoms with Crippen LogP contribution >= 0.6 is 11.6 Å². The summed E-state index contributed by atoms with van der Waals surface area (Å²) in [6.07, 6.45) is 7.04. The summed E-state index contributed by atoms with van der Waals surface area (Å²) in [5, 5.41) is 8.73. The Labute approximate surface area is 302 Å². The number of pyridine rings is 2. The lowest BCUT2D eigenvalue weighted by Crippen LogP contribution is -2.43. The zero-order chi connectivity index (χ0) is 35.7. The molecular formula is C37H37ClF3N9O2. The average molecular weight is 732 g/mol. The number of rotatable bonds is 7. The predicted molar refractivity (Wildman–Crippen MR) is 189 cm³/mol. The van der Waals surface area contributed by atoms with Gasteiger partial charge in [0, 0.05) is 34.5 Å². The number of halogens is 4. The van der Waals surface area contributed by atoms with Crippen LogP contribution in [0.3, 0.4) is 0 Å². The lowest BCUT2D eigenvalue weighted by atomic mass is 9.94. The number of nitrogens with one attached hydrogen (secondary N) is 1. The monoisotopic (exact) mass is 731 g/mol. The molecule has 0 amide bonds. The van der Waals surface area contributed by atoms with E-state index in [0.29, 0.717) is 45.8 Å². The molecule has 5 aromatic rings. The van der Waals surface area contributed by atoms with Crippen molar-refractivity contribution in [2.75, 3.05) is 36.9 Å². The SMILES string of the molecule is CC(c1cc(F)cnc1N)N1c2nc(OC[C@@]34CCCN3CC(F)C4)nc3c(F)c(-c4c(C5CC56CC6)c(Cl)cc5[nH]ncc45)nc(c23)OC[C@@H]1C. The maximum atomic E-state index is 17.6. The number of nitrogens with two attached hydrogens (primary N) is 1. The van der Waals surface area contributed by atoms with Gasteiger partial charge >= 0.3 is 6.01 Å². The van der Waals surface area contributed by atoms with Gasteiger partial charge in [-0.1, -0.05) is 11.6 Å². The third-order valence-electron chi connectivity index (χ3n) is 12.3. The average Bonchev–Trinajstić information content (AvgIpc) is 3.89. The quantitative estimate of drug-likeness (QED) is 0.180. The van der Waals surface area contributed by atoms with Gasteiger partial charge in [0.15, 0.2) is 5.82 Å². The summed E-state index contributed by atoms with van der Waals surface area (Å²) < 4.78 is 59.7. The first-order chi connectivity index (χ1) is 25.1. The molecule has 10 rings (SSSR count). The first kappa shape index (κ1) is 32.2. The van der Waals surface area contributed by atoms with Gasteiger partial charge in [-0.05, 0) is 81.5 Å². The van der Waals surface area contributed by atoms with E-state index >= 15 is 4.39 Å². The topological polar surface area (TPSA) is 131 Å². The van der Waals surface area contributed by atoms with Gasteiger partial charge in [-0.2, -0.15) is 15.1 Å². The number of hydrogen-bond acceptors (Lipinski definition) is 10.